The van der Waals surface area contributed by atoms with E-state index in [1.165, 1.54) is 44.8 Å². The molecule has 0 saturated carbocycles. The van der Waals surface area contributed by atoms with Crippen molar-refractivity contribution in [2.75, 3.05) is 52.6 Å². The molecule has 0 radical (unpaired) electrons. The monoisotopic (exact) mass is 534 g/mol. The molecule has 0 unspecified atom stereocenters. The van der Waals surface area contributed by atoms with E-state index in [1.54, 1.807) is 0 Å². The lowest BCUT2D eigenvalue weighted by molar-refractivity contribution is 0.0548. The molecule has 40 heavy (non-hydrogen) atoms. The van der Waals surface area contributed by atoms with E-state index in [0.29, 0.717) is 0 Å². The van der Waals surface area contributed by atoms with Crippen LogP contribution in [0.15, 0.2) is 105 Å². The first-order chi connectivity index (χ1) is 19.8. The van der Waals surface area contributed by atoms with Gasteiger partial charge in [-0.25, -0.2) is 0 Å². The smallest absolute Gasteiger partial charge is 0.0642 e. The topological polar surface area (TPSA) is 49.7 Å². The number of nitrogens with zero attached hydrogens (tertiary/aromatic N) is 4. The molecule has 0 atom stereocenters. The van der Waals surface area contributed by atoms with Crippen LogP contribution in [0, 0.1) is 0 Å². The minimum Gasteiger partial charge on any atom is -0.378 e. The van der Waals surface area contributed by atoms with Crippen molar-refractivity contribution in [1.29, 1.82) is 0 Å². The van der Waals surface area contributed by atoms with Gasteiger partial charge in [-0.15, -0.1) is 0 Å². The highest BCUT2D eigenvalue weighted by Crippen LogP contribution is 2.36. The summed E-state index contributed by atoms with van der Waals surface area (Å²) >= 11 is 0. The fourth-order valence-electron chi connectivity index (χ4n) is 6.05. The summed E-state index contributed by atoms with van der Waals surface area (Å²) in [6, 6.07) is 21.2. The number of hydrogen-bond acceptors (Lipinski definition) is 6. The third kappa shape index (κ3) is 6.35. The Hall–Kier alpha value is -3.74. The van der Waals surface area contributed by atoms with Crippen LogP contribution >= 0.6 is 0 Å². The zero-order valence-corrected chi connectivity index (χ0v) is 23.2. The van der Waals surface area contributed by atoms with Gasteiger partial charge in [0.2, 0.25) is 0 Å². The molecule has 2 fully saturated rings. The first-order valence-corrected chi connectivity index (χ1v) is 14.6. The van der Waals surface area contributed by atoms with Crippen molar-refractivity contribution >= 4 is 24.6 Å². The van der Waals surface area contributed by atoms with Crippen LogP contribution in [0.2, 0.25) is 0 Å². The van der Waals surface area contributed by atoms with Crippen molar-refractivity contribution in [1.82, 2.24) is 9.80 Å². The maximum Gasteiger partial charge on any atom is 0.0642 e. The maximum absolute atomic E-state index is 5.65. The molecule has 6 heteroatoms. The number of morpholine rings is 2. The van der Waals surface area contributed by atoms with E-state index in [4.69, 9.17) is 9.47 Å². The quantitative estimate of drug-likeness (QED) is 0.324. The summed E-state index contributed by atoms with van der Waals surface area (Å²) in [6.45, 7) is 6.71. The van der Waals surface area contributed by atoms with Crippen LogP contribution in [0.4, 0.5) is 0 Å². The van der Waals surface area contributed by atoms with Crippen LogP contribution in [0.25, 0.3) is 12.2 Å². The lowest BCUT2D eigenvalue weighted by atomic mass is 10.1. The van der Waals surface area contributed by atoms with Gasteiger partial charge in [-0.1, -0.05) is 60.7 Å². The number of allylic oxidation sites excluding steroid dienone is 4. The minimum absolute atomic E-state index is 0.766. The molecule has 2 heterocycles. The highest BCUT2D eigenvalue weighted by Gasteiger charge is 2.27. The lowest BCUT2D eigenvalue weighted by Crippen LogP contribution is -2.36. The summed E-state index contributed by atoms with van der Waals surface area (Å²) in [4.78, 5) is 4.93. The van der Waals surface area contributed by atoms with Gasteiger partial charge in [-0.2, -0.15) is 10.2 Å². The van der Waals surface area contributed by atoms with E-state index in [2.05, 4.69) is 92.8 Å². The second-order valence-corrected chi connectivity index (χ2v) is 10.6. The Morgan fingerprint density at radius 3 is 1.32 bits per heavy atom. The van der Waals surface area contributed by atoms with Crippen molar-refractivity contribution < 1.29 is 9.47 Å². The van der Waals surface area contributed by atoms with Crippen LogP contribution in [0.5, 0.6) is 0 Å². The molecular formula is C34H38N4O2. The molecule has 2 saturated heterocycles. The number of hydrogen-bond donors (Lipinski definition) is 0. The van der Waals surface area contributed by atoms with Crippen molar-refractivity contribution in [3.8, 4) is 0 Å². The zero-order valence-electron chi connectivity index (χ0n) is 23.2. The van der Waals surface area contributed by atoms with E-state index in [-0.39, 0.29) is 0 Å². The molecule has 4 aliphatic rings. The first kappa shape index (κ1) is 26.5. The molecule has 0 bridgehead atoms. The van der Waals surface area contributed by atoms with Gasteiger partial charge in [0.1, 0.15) is 0 Å². The Balaban J connectivity index is 1.27. The molecule has 2 aromatic rings. The number of ether oxygens (including phenoxy) is 2. The largest absolute Gasteiger partial charge is 0.378 e. The Kier molecular flexibility index (Phi) is 8.66. The van der Waals surface area contributed by atoms with Crippen molar-refractivity contribution in [3.63, 3.8) is 0 Å². The van der Waals surface area contributed by atoms with Gasteiger partial charge in [0.05, 0.1) is 38.9 Å². The standard InChI is InChI=1S/C34H38N4O2/c1-3-7-27(8-4-1)23-29-11-13-31(33(29)37-15-19-39-20-16-37)25-35-36-26-32-14-12-30(24-28-9-5-2-6-10-28)34(32)38-17-21-40-22-18-38/h1-10,23-26H,11-22H2/b29-23-,30-24+,35-25+,36-26+. The summed E-state index contributed by atoms with van der Waals surface area (Å²) < 4.78 is 11.3. The highest BCUT2D eigenvalue weighted by atomic mass is 16.5. The highest BCUT2D eigenvalue weighted by molar-refractivity contribution is 5.86. The molecule has 2 aromatic carbocycles. The molecule has 6 nitrogen and oxygen atoms in total. The van der Waals surface area contributed by atoms with Gasteiger partial charge in [0.25, 0.3) is 0 Å². The molecule has 2 aliphatic carbocycles. The molecule has 0 N–H and O–H groups in total. The third-order valence-electron chi connectivity index (χ3n) is 7.97. The zero-order chi connectivity index (χ0) is 27.0. The van der Waals surface area contributed by atoms with E-state index in [9.17, 15) is 0 Å². The SMILES string of the molecule is C(=C1\CCC(/C=N/N=C/C2=C(N3CCOCC3)C(=C/c3ccccc3)/CC2)=C1N1CCOCC1)/c1ccccc1. The van der Waals surface area contributed by atoms with Gasteiger partial charge in [0.15, 0.2) is 0 Å². The van der Waals surface area contributed by atoms with Gasteiger partial charge >= 0.3 is 0 Å². The van der Waals surface area contributed by atoms with Crippen LogP contribution in [0.1, 0.15) is 36.8 Å². The minimum atomic E-state index is 0.766. The molecule has 206 valence electrons. The second kappa shape index (κ2) is 13.1. The lowest BCUT2D eigenvalue weighted by Gasteiger charge is -2.31. The fourth-order valence-corrected chi connectivity index (χ4v) is 6.05. The molecular weight excluding hydrogens is 496 g/mol. The molecule has 0 aromatic heterocycles. The number of rotatable bonds is 7. The van der Waals surface area contributed by atoms with Gasteiger partial charge < -0.3 is 19.3 Å². The van der Waals surface area contributed by atoms with Crippen LogP contribution < -0.4 is 0 Å². The number of benzene rings is 2. The summed E-state index contributed by atoms with van der Waals surface area (Å²) in [5, 5.41) is 9.19. The predicted molar refractivity (Wildman–Crippen MR) is 163 cm³/mol. The Morgan fingerprint density at radius 1 is 0.525 bits per heavy atom. The van der Waals surface area contributed by atoms with E-state index < -0.39 is 0 Å². The van der Waals surface area contributed by atoms with E-state index in [0.717, 1.165) is 78.3 Å². The molecule has 0 amide bonds. The maximum atomic E-state index is 5.65. The first-order valence-electron chi connectivity index (χ1n) is 14.6. The average Bonchev–Trinajstić information content (AvgIpc) is 3.60. The van der Waals surface area contributed by atoms with Crippen LogP contribution in [0.3, 0.4) is 0 Å². The summed E-state index contributed by atoms with van der Waals surface area (Å²) in [5.74, 6) is 0. The molecule has 0 spiro atoms. The normalized spacial score (nSPS) is 22.7. The van der Waals surface area contributed by atoms with E-state index in [1.807, 2.05) is 12.4 Å². The van der Waals surface area contributed by atoms with Gasteiger partial charge in [0, 0.05) is 37.6 Å². The van der Waals surface area contributed by atoms with Crippen molar-refractivity contribution in [2.45, 2.75) is 25.7 Å². The summed E-state index contributed by atoms with van der Waals surface area (Å²) in [7, 11) is 0. The average molecular weight is 535 g/mol. The predicted octanol–water partition coefficient (Wildman–Crippen LogP) is 5.97. The Labute approximate surface area is 237 Å². The summed E-state index contributed by atoms with van der Waals surface area (Å²) in [6.07, 6.45) is 12.6. The van der Waals surface area contributed by atoms with Crippen molar-refractivity contribution in [3.05, 3.63) is 105 Å². The molecule has 6 rings (SSSR count). The van der Waals surface area contributed by atoms with Crippen molar-refractivity contribution in [2.24, 2.45) is 10.2 Å². The van der Waals surface area contributed by atoms with E-state index >= 15 is 0 Å². The van der Waals surface area contributed by atoms with Crippen LogP contribution in [-0.2, 0) is 9.47 Å². The third-order valence-corrected chi connectivity index (χ3v) is 7.97. The summed E-state index contributed by atoms with van der Waals surface area (Å²) in [5.41, 5.74) is 10.4. The van der Waals surface area contributed by atoms with Gasteiger partial charge in [-0.3, -0.25) is 0 Å². The van der Waals surface area contributed by atoms with Gasteiger partial charge in [-0.05, 0) is 71.3 Å². The molecule has 2 aliphatic heterocycles. The second-order valence-electron chi connectivity index (χ2n) is 10.6. The van der Waals surface area contributed by atoms with Crippen LogP contribution in [-0.4, -0.2) is 74.8 Å². The fraction of sp³-hybridized carbons (Fsp3) is 0.353. The Morgan fingerprint density at radius 2 is 0.925 bits per heavy atom. The Bertz CT molecular complexity index is 1240.